The fourth-order valence-corrected chi connectivity index (χ4v) is 2.47. The molecule has 2 N–H and O–H groups in total. The standard InChI is InChI=1S/C20H24FN3O3/c1-23(13-14-27-18-5-3-2-4-6-18)15-20(26)24(12-11-19(22)25)17-9-7-16(21)8-10-17/h2-10H,11-15H2,1H3,(H2,22,25). The van der Waals surface area contributed by atoms with Crippen molar-refractivity contribution in [2.45, 2.75) is 6.42 Å². The molecular formula is C20H24FN3O3. The van der Waals surface area contributed by atoms with Crippen molar-refractivity contribution in [1.29, 1.82) is 0 Å². The van der Waals surface area contributed by atoms with Crippen LogP contribution in [0, 0.1) is 5.82 Å². The maximum Gasteiger partial charge on any atom is 0.241 e. The lowest BCUT2D eigenvalue weighted by Crippen LogP contribution is -2.41. The summed E-state index contributed by atoms with van der Waals surface area (Å²) in [4.78, 5) is 27.1. The topological polar surface area (TPSA) is 75.9 Å². The van der Waals surface area contributed by atoms with E-state index in [0.717, 1.165) is 5.75 Å². The number of carbonyl (C=O) groups is 2. The number of ether oxygens (including phenoxy) is 1. The van der Waals surface area contributed by atoms with Crippen LogP contribution < -0.4 is 15.4 Å². The van der Waals surface area contributed by atoms with Crippen molar-refractivity contribution in [3.63, 3.8) is 0 Å². The lowest BCUT2D eigenvalue weighted by molar-refractivity contribution is -0.119. The number of nitrogens with two attached hydrogens (primary N) is 1. The van der Waals surface area contributed by atoms with Gasteiger partial charge in [0.1, 0.15) is 18.2 Å². The molecule has 2 amide bonds. The zero-order valence-electron chi connectivity index (χ0n) is 15.3. The Morgan fingerprint density at radius 3 is 2.33 bits per heavy atom. The van der Waals surface area contributed by atoms with Gasteiger partial charge in [-0.2, -0.15) is 0 Å². The summed E-state index contributed by atoms with van der Waals surface area (Å²) in [6.07, 6.45) is 0.0317. The van der Waals surface area contributed by atoms with Crippen molar-refractivity contribution in [2.75, 3.05) is 38.2 Å². The fourth-order valence-electron chi connectivity index (χ4n) is 2.47. The number of rotatable bonds is 10. The number of hydrogen-bond donors (Lipinski definition) is 1. The van der Waals surface area contributed by atoms with Gasteiger partial charge in [0.25, 0.3) is 0 Å². The van der Waals surface area contributed by atoms with Crippen molar-refractivity contribution in [3.8, 4) is 5.75 Å². The Hall–Kier alpha value is -2.93. The summed E-state index contributed by atoms with van der Waals surface area (Å²) in [5.74, 6) is -0.326. The van der Waals surface area contributed by atoms with Crippen molar-refractivity contribution in [2.24, 2.45) is 5.73 Å². The Balaban J connectivity index is 1.91. The molecule has 0 aliphatic rings. The van der Waals surface area contributed by atoms with E-state index in [2.05, 4.69) is 0 Å². The Kier molecular flexibility index (Phi) is 7.76. The fraction of sp³-hybridized carbons (Fsp3) is 0.300. The molecule has 0 saturated carbocycles. The molecule has 2 rings (SSSR count). The highest BCUT2D eigenvalue weighted by atomic mass is 19.1. The van der Waals surface area contributed by atoms with E-state index in [9.17, 15) is 14.0 Å². The highest BCUT2D eigenvalue weighted by molar-refractivity contribution is 5.95. The van der Waals surface area contributed by atoms with E-state index < -0.39 is 11.7 Å². The maximum atomic E-state index is 13.2. The number of hydrogen-bond acceptors (Lipinski definition) is 4. The van der Waals surface area contributed by atoms with Crippen LogP contribution >= 0.6 is 0 Å². The van der Waals surface area contributed by atoms with E-state index in [0.29, 0.717) is 18.8 Å². The first-order valence-electron chi connectivity index (χ1n) is 8.66. The smallest absolute Gasteiger partial charge is 0.241 e. The van der Waals surface area contributed by atoms with Crippen molar-refractivity contribution >= 4 is 17.5 Å². The first kappa shape index (κ1) is 20.4. The highest BCUT2D eigenvalue weighted by Crippen LogP contribution is 2.16. The van der Waals surface area contributed by atoms with E-state index in [1.54, 1.807) is 0 Å². The number of para-hydroxylation sites is 1. The summed E-state index contributed by atoms with van der Waals surface area (Å²) >= 11 is 0. The van der Waals surface area contributed by atoms with Crippen LogP contribution in [0.15, 0.2) is 54.6 Å². The van der Waals surface area contributed by atoms with Gasteiger partial charge < -0.3 is 15.4 Å². The Bertz CT molecular complexity index is 738. The lowest BCUT2D eigenvalue weighted by Gasteiger charge is -2.25. The molecule has 2 aromatic rings. The van der Waals surface area contributed by atoms with Crippen LogP contribution in [0.2, 0.25) is 0 Å². The molecule has 0 bridgehead atoms. The third-order valence-electron chi connectivity index (χ3n) is 3.91. The lowest BCUT2D eigenvalue weighted by atomic mass is 10.2. The maximum absolute atomic E-state index is 13.2. The van der Waals surface area contributed by atoms with Crippen molar-refractivity contribution in [3.05, 3.63) is 60.4 Å². The zero-order valence-corrected chi connectivity index (χ0v) is 15.3. The van der Waals surface area contributed by atoms with E-state index in [1.807, 2.05) is 42.3 Å². The molecule has 0 aliphatic carbocycles. The van der Waals surface area contributed by atoms with Crippen LogP contribution in [-0.2, 0) is 9.59 Å². The number of benzene rings is 2. The molecule has 0 fully saturated rings. The quantitative estimate of drug-likeness (QED) is 0.692. The monoisotopic (exact) mass is 373 g/mol. The van der Waals surface area contributed by atoms with Gasteiger partial charge in [-0.1, -0.05) is 18.2 Å². The predicted molar refractivity (Wildman–Crippen MR) is 102 cm³/mol. The highest BCUT2D eigenvalue weighted by Gasteiger charge is 2.18. The van der Waals surface area contributed by atoms with Gasteiger partial charge in [0, 0.05) is 25.2 Å². The second-order valence-electron chi connectivity index (χ2n) is 6.14. The Morgan fingerprint density at radius 2 is 1.70 bits per heavy atom. The van der Waals surface area contributed by atoms with Crippen molar-refractivity contribution in [1.82, 2.24) is 4.90 Å². The number of halogens is 1. The number of primary amides is 1. The third-order valence-corrected chi connectivity index (χ3v) is 3.91. The van der Waals surface area contributed by atoms with E-state index >= 15 is 0 Å². The number of nitrogens with zero attached hydrogens (tertiary/aromatic N) is 2. The van der Waals surface area contributed by atoms with Gasteiger partial charge >= 0.3 is 0 Å². The summed E-state index contributed by atoms with van der Waals surface area (Å²) in [5.41, 5.74) is 5.73. The molecule has 0 unspecified atom stereocenters. The largest absolute Gasteiger partial charge is 0.492 e. The molecule has 0 aliphatic heterocycles. The van der Waals surface area contributed by atoms with Gasteiger partial charge in [-0.05, 0) is 43.4 Å². The molecule has 0 heterocycles. The summed E-state index contributed by atoms with van der Waals surface area (Å²) < 4.78 is 18.8. The van der Waals surface area contributed by atoms with Gasteiger partial charge in [0.15, 0.2) is 0 Å². The molecule has 0 saturated heterocycles. The van der Waals surface area contributed by atoms with Gasteiger partial charge in [-0.25, -0.2) is 4.39 Å². The molecule has 0 radical (unpaired) electrons. The molecule has 0 aromatic heterocycles. The molecular weight excluding hydrogens is 349 g/mol. The van der Waals surface area contributed by atoms with Gasteiger partial charge in [0.2, 0.25) is 11.8 Å². The zero-order chi connectivity index (χ0) is 19.6. The molecule has 2 aromatic carbocycles. The molecule has 0 spiro atoms. The second-order valence-corrected chi connectivity index (χ2v) is 6.14. The second kappa shape index (κ2) is 10.3. The van der Waals surface area contributed by atoms with E-state index in [4.69, 9.17) is 10.5 Å². The number of anilines is 1. The van der Waals surface area contributed by atoms with Crippen LogP contribution in [0.1, 0.15) is 6.42 Å². The molecule has 7 heteroatoms. The number of amides is 2. The minimum Gasteiger partial charge on any atom is -0.492 e. The summed E-state index contributed by atoms with van der Waals surface area (Å²) in [6.45, 7) is 1.27. The van der Waals surface area contributed by atoms with Crippen LogP contribution in [0.5, 0.6) is 5.75 Å². The van der Waals surface area contributed by atoms with Crippen LogP contribution in [-0.4, -0.2) is 50.0 Å². The average molecular weight is 373 g/mol. The third kappa shape index (κ3) is 7.07. The minimum absolute atomic E-state index is 0.0317. The van der Waals surface area contributed by atoms with Gasteiger partial charge in [-0.3, -0.25) is 14.5 Å². The van der Waals surface area contributed by atoms with Crippen molar-refractivity contribution < 1.29 is 18.7 Å². The first-order chi connectivity index (χ1) is 13.0. The normalized spacial score (nSPS) is 10.6. The van der Waals surface area contributed by atoms with Crippen LogP contribution in [0.25, 0.3) is 0 Å². The summed E-state index contributed by atoms with van der Waals surface area (Å²) in [6, 6.07) is 15.0. The number of likely N-dealkylation sites (N-methyl/N-ethyl adjacent to an activating group) is 1. The predicted octanol–water partition coefficient (Wildman–Crippen LogP) is 2.04. The van der Waals surface area contributed by atoms with Crippen LogP contribution in [0.3, 0.4) is 0 Å². The molecule has 144 valence electrons. The van der Waals surface area contributed by atoms with E-state index in [-0.39, 0.29) is 25.4 Å². The van der Waals surface area contributed by atoms with Gasteiger partial charge in [-0.15, -0.1) is 0 Å². The van der Waals surface area contributed by atoms with E-state index in [1.165, 1.54) is 29.2 Å². The molecule has 6 nitrogen and oxygen atoms in total. The Morgan fingerprint density at radius 1 is 1.04 bits per heavy atom. The minimum atomic E-state index is -0.500. The number of carbonyl (C=O) groups excluding carboxylic acids is 2. The van der Waals surface area contributed by atoms with Gasteiger partial charge in [0.05, 0.1) is 6.54 Å². The SMILES string of the molecule is CN(CCOc1ccccc1)CC(=O)N(CCC(N)=O)c1ccc(F)cc1. The van der Waals surface area contributed by atoms with Crippen LogP contribution in [0.4, 0.5) is 10.1 Å². The average Bonchev–Trinajstić information content (AvgIpc) is 2.64. The molecule has 27 heavy (non-hydrogen) atoms. The Labute approximate surface area is 158 Å². The molecule has 0 atom stereocenters. The summed E-state index contributed by atoms with van der Waals surface area (Å²) in [7, 11) is 1.81. The first-order valence-corrected chi connectivity index (χ1v) is 8.66. The summed E-state index contributed by atoms with van der Waals surface area (Å²) in [5, 5.41) is 0.